The normalized spacial score (nSPS) is 16.4. The molecule has 1 heterocycles. The molecule has 94 valence electrons. The van der Waals surface area contributed by atoms with Crippen molar-refractivity contribution >= 4 is 28.8 Å². The van der Waals surface area contributed by atoms with Crippen LogP contribution in [0.1, 0.15) is 46.3 Å². The molecule has 0 aromatic carbocycles. The molecular formula is C13H18ClNOS. The lowest BCUT2D eigenvalue weighted by atomic mass is 9.99. The lowest BCUT2D eigenvalue weighted by Gasteiger charge is -2.10. The van der Waals surface area contributed by atoms with Crippen molar-refractivity contribution in [3.8, 4) is 0 Å². The molecule has 1 N–H and O–H groups in total. The van der Waals surface area contributed by atoms with E-state index in [2.05, 4.69) is 11.4 Å². The maximum Gasteiger partial charge on any atom is 0.261 e. The number of fused-ring (bicyclic) bond motifs is 1. The van der Waals surface area contributed by atoms with Gasteiger partial charge in [-0.2, -0.15) is 0 Å². The van der Waals surface area contributed by atoms with E-state index >= 15 is 0 Å². The van der Waals surface area contributed by atoms with Gasteiger partial charge in [0, 0.05) is 16.8 Å². The Bertz CT molecular complexity index is 379. The first kappa shape index (κ1) is 12.9. The highest BCUT2D eigenvalue weighted by molar-refractivity contribution is 7.14. The third-order valence-corrected chi connectivity index (χ3v) is 4.59. The average molecular weight is 272 g/mol. The molecule has 0 aliphatic heterocycles. The highest BCUT2D eigenvalue weighted by Crippen LogP contribution is 2.29. The fourth-order valence-electron chi connectivity index (χ4n) is 2.13. The zero-order valence-corrected chi connectivity index (χ0v) is 11.7. The Kier molecular flexibility index (Phi) is 4.46. The van der Waals surface area contributed by atoms with Crippen molar-refractivity contribution in [1.29, 1.82) is 0 Å². The summed E-state index contributed by atoms with van der Waals surface area (Å²) in [5.74, 6) is 0.643. The molecule has 0 fully saturated rings. The van der Waals surface area contributed by atoms with Crippen LogP contribution in [0.4, 0.5) is 0 Å². The minimum atomic E-state index is 0.0574. The summed E-state index contributed by atoms with van der Waals surface area (Å²) in [6.45, 7) is 1.99. The smallest absolute Gasteiger partial charge is 0.261 e. The Morgan fingerprint density at radius 1 is 1.53 bits per heavy atom. The van der Waals surface area contributed by atoms with Crippen LogP contribution in [-0.4, -0.2) is 17.8 Å². The highest BCUT2D eigenvalue weighted by atomic mass is 35.5. The van der Waals surface area contributed by atoms with Gasteiger partial charge in [0.2, 0.25) is 0 Å². The number of carbonyl (C=O) groups excluding carboxylic acids is 1. The third kappa shape index (κ3) is 3.23. The van der Waals surface area contributed by atoms with Gasteiger partial charge in [-0.3, -0.25) is 4.79 Å². The predicted molar refractivity (Wildman–Crippen MR) is 73.2 cm³/mol. The van der Waals surface area contributed by atoms with E-state index in [4.69, 9.17) is 11.6 Å². The lowest BCUT2D eigenvalue weighted by molar-refractivity contribution is 0.0943. The molecule has 0 bridgehead atoms. The number of amides is 1. The monoisotopic (exact) mass is 271 g/mol. The fraction of sp³-hybridized carbons (Fsp3) is 0.615. The topological polar surface area (TPSA) is 29.1 Å². The van der Waals surface area contributed by atoms with Gasteiger partial charge in [-0.05, 0) is 50.7 Å². The lowest BCUT2D eigenvalue weighted by Crippen LogP contribution is -2.32. The Labute approximate surface area is 111 Å². The minimum absolute atomic E-state index is 0.0574. The van der Waals surface area contributed by atoms with E-state index in [-0.39, 0.29) is 11.9 Å². The van der Waals surface area contributed by atoms with Crippen LogP contribution in [0.3, 0.4) is 0 Å². The van der Waals surface area contributed by atoms with E-state index in [0.29, 0.717) is 5.88 Å². The number of hydrogen-bond acceptors (Lipinski definition) is 2. The summed E-state index contributed by atoms with van der Waals surface area (Å²) in [5, 5.41) is 2.99. The maximum absolute atomic E-state index is 12.0. The van der Waals surface area contributed by atoms with Crippen LogP contribution in [0.15, 0.2) is 6.07 Å². The standard InChI is InChI=1S/C13H18ClNOS/c1-9(6-7-14)15-13(16)12-8-10-4-2-3-5-11(10)17-12/h8-9H,2-7H2,1H3,(H,15,16). The molecule has 0 radical (unpaired) electrons. The van der Waals surface area contributed by atoms with Gasteiger partial charge in [-0.25, -0.2) is 0 Å². The van der Waals surface area contributed by atoms with Crippen molar-refractivity contribution in [3.63, 3.8) is 0 Å². The molecule has 1 unspecified atom stereocenters. The van der Waals surface area contributed by atoms with Gasteiger partial charge in [-0.15, -0.1) is 22.9 Å². The molecule has 1 atom stereocenters. The number of aryl methyl sites for hydroxylation is 2. The molecule has 2 nitrogen and oxygen atoms in total. The number of hydrogen-bond donors (Lipinski definition) is 1. The molecule has 1 amide bonds. The Morgan fingerprint density at radius 3 is 3.00 bits per heavy atom. The molecule has 4 heteroatoms. The third-order valence-electron chi connectivity index (χ3n) is 3.14. The summed E-state index contributed by atoms with van der Waals surface area (Å²) in [6, 6.07) is 2.22. The van der Waals surface area contributed by atoms with Crippen LogP contribution < -0.4 is 5.32 Å². The Balaban J connectivity index is 2.01. The molecule has 1 aromatic heterocycles. The molecule has 2 rings (SSSR count). The summed E-state index contributed by atoms with van der Waals surface area (Å²) < 4.78 is 0. The van der Waals surface area contributed by atoms with Gasteiger partial charge in [0.05, 0.1) is 4.88 Å². The summed E-state index contributed by atoms with van der Waals surface area (Å²) in [5.41, 5.74) is 1.39. The molecule has 1 aromatic rings. The van der Waals surface area contributed by atoms with Crippen LogP contribution in [0.2, 0.25) is 0 Å². The van der Waals surface area contributed by atoms with Gasteiger partial charge < -0.3 is 5.32 Å². The van der Waals surface area contributed by atoms with E-state index in [1.165, 1.54) is 23.3 Å². The van der Waals surface area contributed by atoms with Crippen molar-refractivity contribution in [1.82, 2.24) is 5.32 Å². The molecule has 1 aliphatic rings. The van der Waals surface area contributed by atoms with Crippen molar-refractivity contribution in [2.45, 2.75) is 45.1 Å². The first-order valence-corrected chi connectivity index (χ1v) is 7.54. The number of alkyl halides is 1. The van der Waals surface area contributed by atoms with Crippen LogP contribution in [0, 0.1) is 0 Å². The molecule has 1 aliphatic carbocycles. The van der Waals surface area contributed by atoms with E-state index in [1.807, 2.05) is 6.92 Å². The average Bonchev–Trinajstić information content (AvgIpc) is 2.72. The van der Waals surface area contributed by atoms with E-state index in [9.17, 15) is 4.79 Å². The maximum atomic E-state index is 12.0. The second-order valence-corrected chi connectivity index (χ2v) is 6.13. The van der Waals surface area contributed by atoms with Crippen molar-refractivity contribution in [2.75, 3.05) is 5.88 Å². The van der Waals surface area contributed by atoms with Gasteiger partial charge in [0.1, 0.15) is 0 Å². The summed E-state index contributed by atoms with van der Waals surface area (Å²) in [6.07, 6.45) is 5.61. The zero-order chi connectivity index (χ0) is 12.3. The molecular weight excluding hydrogens is 254 g/mol. The highest BCUT2D eigenvalue weighted by Gasteiger charge is 2.17. The van der Waals surface area contributed by atoms with Gasteiger partial charge in [0.15, 0.2) is 0 Å². The number of carbonyl (C=O) groups is 1. The second-order valence-electron chi connectivity index (χ2n) is 4.62. The Hall–Kier alpha value is -0.540. The summed E-state index contributed by atoms with van der Waals surface area (Å²) in [7, 11) is 0. The summed E-state index contributed by atoms with van der Waals surface area (Å²) >= 11 is 7.32. The second kappa shape index (κ2) is 5.87. The first-order valence-electron chi connectivity index (χ1n) is 6.19. The van der Waals surface area contributed by atoms with Crippen LogP contribution >= 0.6 is 22.9 Å². The van der Waals surface area contributed by atoms with Gasteiger partial charge in [-0.1, -0.05) is 0 Å². The van der Waals surface area contributed by atoms with E-state index in [0.717, 1.165) is 24.1 Å². The quantitative estimate of drug-likeness (QED) is 0.836. The van der Waals surface area contributed by atoms with Crippen molar-refractivity contribution in [2.24, 2.45) is 0 Å². The van der Waals surface area contributed by atoms with Gasteiger partial charge >= 0.3 is 0 Å². The number of thiophene rings is 1. The van der Waals surface area contributed by atoms with Crippen LogP contribution in [0.25, 0.3) is 0 Å². The molecule has 0 saturated carbocycles. The Morgan fingerprint density at radius 2 is 2.29 bits per heavy atom. The largest absolute Gasteiger partial charge is 0.349 e. The van der Waals surface area contributed by atoms with Crippen LogP contribution in [0.5, 0.6) is 0 Å². The SMILES string of the molecule is CC(CCCl)NC(=O)c1cc2c(s1)CCCC2. The fourth-order valence-corrected chi connectivity index (χ4v) is 3.62. The number of halogens is 1. The number of rotatable bonds is 4. The van der Waals surface area contributed by atoms with Crippen LogP contribution in [-0.2, 0) is 12.8 Å². The molecule has 17 heavy (non-hydrogen) atoms. The molecule has 0 saturated heterocycles. The summed E-state index contributed by atoms with van der Waals surface area (Å²) in [4.78, 5) is 14.3. The molecule has 0 spiro atoms. The van der Waals surface area contributed by atoms with Gasteiger partial charge in [0.25, 0.3) is 5.91 Å². The van der Waals surface area contributed by atoms with Crippen molar-refractivity contribution < 1.29 is 4.79 Å². The minimum Gasteiger partial charge on any atom is -0.349 e. The predicted octanol–water partition coefficient (Wildman–Crippen LogP) is 3.37. The van der Waals surface area contributed by atoms with E-state index < -0.39 is 0 Å². The first-order chi connectivity index (χ1) is 8.20. The number of nitrogens with one attached hydrogen (secondary N) is 1. The zero-order valence-electron chi connectivity index (χ0n) is 10.1. The van der Waals surface area contributed by atoms with E-state index in [1.54, 1.807) is 11.3 Å². The van der Waals surface area contributed by atoms with Crippen molar-refractivity contribution in [3.05, 3.63) is 21.4 Å².